The predicted molar refractivity (Wildman–Crippen MR) is 35.3 cm³/mol. The van der Waals surface area contributed by atoms with Gasteiger partial charge in [0.2, 0.25) is 0 Å². The molecular formula is C7H14O2. The first kappa shape index (κ1) is 7.03. The summed E-state index contributed by atoms with van der Waals surface area (Å²) < 4.78 is 5.39. The summed E-state index contributed by atoms with van der Waals surface area (Å²) in [6.07, 6.45) is 3.86. The molecule has 1 N–H and O–H groups in total. The summed E-state index contributed by atoms with van der Waals surface area (Å²) in [4.78, 5) is 0. The topological polar surface area (TPSA) is 29.5 Å². The summed E-state index contributed by atoms with van der Waals surface area (Å²) in [5.74, 6) is 0. The van der Waals surface area contributed by atoms with Crippen LogP contribution in [0, 0.1) is 0 Å². The molecule has 9 heavy (non-hydrogen) atoms. The van der Waals surface area contributed by atoms with Gasteiger partial charge < -0.3 is 9.84 Å². The minimum absolute atomic E-state index is 0.119. The smallest absolute Gasteiger partial charge is 0.0809 e. The first-order valence-corrected chi connectivity index (χ1v) is 3.59. The average molecular weight is 130 g/mol. The molecule has 2 atom stereocenters. The maximum Gasteiger partial charge on any atom is 0.0809 e. The molecule has 1 heterocycles. The maximum atomic E-state index is 8.68. The third-order valence-electron chi connectivity index (χ3n) is 1.77. The van der Waals surface area contributed by atoms with E-state index in [-0.39, 0.29) is 12.7 Å². The Balaban J connectivity index is 2.23. The van der Waals surface area contributed by atoms with E-state index >= 15 is 0 Å². The summed E-state index contributed by atoms with van der Waals surface area (Å²) in [5.41, 5.74) is 0. The SMILES string of the molecule is CC1CCC[C@@H](CO)O1. The van der Waals surface area contributed by atoms with Gasteiger partial charge in [-0.15, -0.1) is 0 Å². The minimum atomic E-state index is 0.119. The second kappa shape index (κ2) is 3.18. The van der Waals surface area contributed by atoms with E-state index in [1.807, 2.05) is 0 Å². The Kier molecular flexibility index (Phi) is 2.49. The summed E-state index contributed by atoms with van der Waals surface area (Å²) >= 11 is 0. The fraction of sp³-hybridized carbons (Fsp3) is 1.00. The van der Waals surface area contributed by atoms with Gasteiger partial charge in [-0.05, 0) is 26.2 Å². The molecule has 1 aliphatic heterocycles. The first-order valence-electron chi connectivity index (χ1n) is 3.59. The number of aliphatic hydroxyl groups is 1. The molecule has 0 radical (unpaired) electrons. The molecular weight excluding hydrogens is 116 g/mol. The van der Waals surface area contributed by atoms with Crippen molar-refractivity contribution in [3.05, 3.63) is 0 Å². The molecule has 0 spiro atoms. The van der Waals surface area contributed by atoms with Crippen LogP contribution in [0.2, 0.25) is 0 Å². The zero-order chi connectivity index (χ0) is 6.69. The van der Waals surface area contributed by atoms with Crippen molar-refractivity contribution in [2.75, 3.05) is 6.61 Å². The predicted octanol–water partition coefficient (Wildman–Crippen LogP) is 0.936. The van der Waals surface area contributed by atoms with Gasteiger partial charge in [0.25, 0.3) is 0 Å². The van der Waals surface area contributed by atoms with Crippen LogP contribution >= 0.6 is 0 Å². The molecule has 0 aromatic carbocycles. The van der Waals surface area contributed by atoms with Crippen LogP contribution in [0.4, 0.5) is 0 Å². The van der Waals surface area contributed by atoms with Crippen LogP contribution in [0.3, 0.4) is 0 Å². The Bertz CT molecular complexity index is 83.0. The molecule has 0 aromatic heterocycles. The number of ether oxygens (including phenoxy) is 1. The summed E-state index contributed by atoms with van der Waals surface area (Å²) in [6, 6.07) is 0. The van der Waals surface area contributed by atoms with Gasteiger partial charge in [0.15, 0.2) is 0 Å². The molecule has 2 nitrogen and oxygen atoms in total. The standard InChI is InChI=1S/C7H14O2/c1-6-3-2-4-7(5-8)9-6/h6-8H,2-5H2,1H3/t6?,7-/m0/s1. The van der Waals surface area contributed by atoms with E-state index in [9.17, 15) is 0 Å². The van der Waals surface area contributed by atoms with E-state index < -0.39 is 0 Å². The molecule has 1 aliphatic rings. The molecule has 1 rings (SSSR count). The number of hydrogen-bond donors (Lipinski definition) is 1. The zero-order valence-corrected chi connectivity index (χ0v) is 5.84. The van der Waals surface area contributed by atoms with E-state index in [0.717, 1.165) is 12.8 Å². The van der Waals surface area contributed by atoms with Crippen LogP contribution in [0.5, 0.6) is 0 Å². The first-order chi connectivity index (χ1) is 4.33. The Morgan fingerprint density at radius 1 is 1.56 bits per heavy atom. The highest BCUT2D eigenvalue weighted by Gasteiger charge is 2.17. The number of hydrogen-bond acceptors (Lipinski definition) is 2. The molecule has 54 valence electrons. The van der Waals surface area contributed by atoms with Crippen LogP contribution in [0.1, 0.15) is 26.2 Å². The van der Waals surface area contributed by atoms with Crippen molar-refractivity contribution in [1.82, 2.24) is 0 Å². The Labute approximate surface area is 55.8 Å². The van der Waals surface area contributed by atoms with Crippen LogP contribution in [-0.4, -0.2) is 23.9 Å². The lowest BCUT2D eigenvalue weighted by atomic mass is 10.1. The quantitative estimate of drug-likeness (QED) is 0.572. The number of aliphatic hydroxyl groups excluding tert-OH is 1. The van der Waals surface area contributed by atoms with E-state index in [0.29, 0.717) is 6.10 Å². The van der Waals surface area contributed by atoms with Gasteiger partial charge in [0.1, 0.15) is 0 Å². The van der Waals surface area contributed by atoms with Gasteiger partial charge in [-0.2, -0.15) is 0 Å². The highest BCUT2D eigenvalue weighted by Crippen LogP contribution is 2.17. The molecule has 1 saturated heterocycles. The molecule has 0 saturated carbocycles. The minimum Gasteiger partial charge on any atom is -0.394 e. The average Bonchev–Trinajstić information content (AvgIpc) is 1.88. The van der Waals surface area contributed by atoms with Crippen molar-refractivity contribution >= 4 is 0 Å². The van der Waals surface area contributed by atoms with Gasteiger partial charge in [-0.1, -0.05) is 0 Å². The van der Waals surface area contributed by atoms with Crippen molar-refractivity contribution in [3.8, 4) is 0 Å². The van der Waals surface area contributed by atoms with E-state index in [1.54, 1.807) is 0 Å². The van der Waals surface area contributed by atoms with E-state index in [4.69, 9.17) is 9.84 Å². The highest BCUT2D eigenvalue weighted by molar-refractivity contribution is 4.66. The maximum absolute atomic E-state index is 8.68. The lowest BCUT2D eigenvalue weighted by molar-refractivity contribution is -0.0633. The van der Waals surface area contributed by atoms with Crippen molar-refractivity contribution in [1.29, 1.82) is 0 Å². The zero-order valence-electron chi connectivity index (χ0n) is 5.84. The van der Waals surface area contributed by atoms with Crippen molar-refractivity contribution in [2.45, 2.75) is 38.4 Å². The molecule has 0 bridgehead atoms. The van der Waals surface area contributed by atoms with Gasteiger partial charge in [-0.25, -0.2) is 0 Å². The Morgan fingerprint density at radius 3 is 2.78 bits per heavy atom. The molecule has 1 fully saturated rings. The number of rotatable bonds is 1. The lowest BCUT2D eigenvalue weighted by Crippen LogP contribution is -2.27. The largest absolute Gasteiger partial charge is 0.394 e. The van der Waals surface area contributed by atoms with Crippen LogP contribution in [-0.2, 0) is 4.74 Å². The summed E-state index contributed by atoms with van der Waals surface area (Å²) in [5, 5.41) is 8.68. The second-order valence-electron chi connectivity index (χ2n) is 2.68. The molecule has 2 heteroatoms. The Morgan fingerprint density at radius 2 is 2.33 bits per heavy atom. The van der Waals surface area contributed by atoms with Crippen LogP contribution in [0.15, 0.2) is 0 Å². The van der Waals surface area contributed by atoms with E-state index in [2.05, 4.69) is 6.92 Å². The van der Waals surface area contributed by atoms with Crippen molar-refractivity contribution in [2.24, 2.45) is 0 Å². The normalized spacial score (nSPS) is 36.7. The van der Waals surface area contributed by atoms with Crippen LogP contribution in [0.25, 0.3) is 0 Å². The molecule has 0 aliphatic carbocycles. The summed E-state index contributed by atoms with van der Waals surface area (Å²) in [6.45, 7) is 2.24. The molecule has 0 aromatic rings. The summed E-state index contributed by atoms with van der Waals surface area (Å²) in [7, 11) is 0. The van der Waals surface area contributed by atoms with Crippen LogP contribution < -0.4 is 0 Å². The molecule has 0 amide bonds. The van der Waals surface area contributed by atoms with Crippen molar-refractivity contribution in [3.63, 3.8) is 0 Å². The van der Waals surface area contributed by atoms with Gasteiger partial charge in [0, 0.05) is 0 Å². The Hall–Kier alpha value is -0.0800. The van der Waals surface area contributed by atoms with Crippen molar-refractivity contribution < 1.29 is 9.84 Å². The fourth-order valence-electron chi connectivity index (χ4n) is 1.23. The van der Waals surface area contributed by atoms with Gasteiger partial charge in [0.05, 0.1) is 18.8 Å². The van der Waals surface area contributed by atoms with Gasteiger partial charge in [-0.3, -0.25) is 0 Å². The highest BCUT2D eigenvalue weighted by atomic mass is 16.5. The van der Waals surface area contributed by atoms with Gasteiger partial charge >= 0.3 is 0 Å². The molecule has 1 unspecified atom stereocenters. The third-order valence-corrected chi connectivity index (χ3v) is 1.77. The monoisotopic (exact) mass is 130 g/mol. The lowest BCUT2D eigenvalue weighted by Gasteiger charge is -2.25. The van der Waals surface area contributed by atoms with E-state index in [1.165, 1.54) is 6.42 Å². The third kappa shape index (κ3) is 1.95. The fourth-order valence-corrected chi connectivity index (χ4v) is 1.23. The second-order valence-corrected chi connectivity index (χ2v) is 2.68.